The van der Waals surface area contributed by atoms with Gasteiger partial charge < -0.3 is 9.64 Å². The number of thiazole rings is 1. The zero-order chi connectivity index (χ0) is 19.7. The second kappa shape index (κ2) is 7.28. The van der Waals surface area contributed by atoms with Gasteiger partial charge in [-0.05, 0) is 29.8 Å². The average molecular weight is 396 g/mol. The van der Waals surface area contributed by atoms with Crippen LogP contribution in [0.2, 0.25) is 0 Å². The minimum absolute atomic E-state index is 0.00879. The first kappa shape index (κ1) is 17.9. The summed E-state index contributed by atoms with van der Waals surface area (Å²) in [5.74, 6) is 0.752. The van der Waals surface area contributed by atoms with Crippen LogP contribution in [0.3, 0.4) is 0 Å². The van der Waals surface area contributed by atoms with Crippen molar-refractivity contribution in [2.75, 3.05) is 18.7 Å². The van der Waals surface area contributed by atoms with Gasteiger partial charge in [-0.2, -0.15) is 0 Å². The minimum atomic E-state index is -0.436. The quantitative estimate of drug-likeness (QED) is 0.495. The Hall–Kier alpha value is -3.46. The van der Waals surface area contributed by atoms with Crippen molar-refractivity contribution in [3.8, 4) is 5.75 Å². The third-order valence-corrected chi connectivity index (χ3v) is 5.44. The largest absolute Gasteiger partial charge is 0.497 e. The second-order valence-corrected chi connectivity index (χ2v) is 7.17. The number of non-ortho nitro benzene ring substituents is 1. The van der Waals surface area contributed by atoms with Gasteiger partial charge in [0.2, 0.25) is 0 Å². The fourth-order valence-electron chi connectivity index (χ4n) is 2.93. The topological polar surface area (TPSA) is 90.0 Å². The number of methoxy groups -OCH3 is 1. The van der Waals surface area contributed by atoms with Crippen LogP contribution in [-0.4, -0.2) is 23.3 Å². The molecule has 0 radical (unpaired) electrons. The van der Waals surface area contributed by atoms with E-state index in [9.17, 15) is 14.9 Å². The Kier molecular flexibility index (Phi) is 4.66. The zero-order valence-electron chi connectivity index (χ0n) is 14.9. The number of hydrogen-bond acceptors (Lipinski definition) is 7. The van der Waals surface area contributed by atoms with E-state index in [2.05, 4.69) is 4.99 Å². The van der Waals surface area contributed by atoms with Crippen LogP contribution < -0.4 is 24.5 Å². The molecule has 0 aliphatic carbocycles. The van der Waals surface area contributed by atoms with E-state index in [4.69, 9.17) is 4.74 Å². The van der Waals surface area contributed by atoms with Crippen molar-refractivity contribution < 1.29 is 9.66 Å². The van der Waals surface area contributed by atoms with E-state index in [-0.39, 0.29) is 11.2 Å². The Morgan fingerprint density at radius 1 is 1.25 bits per heavy atom. The zero-order valence-corrected chi connectivity index (χ0v) is 15.8. The molecule has 2 heterocycles. The van der Waals surface area contributed by atoms with Gasteiger partial charge in [-0.1, -0.05) is 29.5 Å². The van der Waals surface area contributed by atoms with E-state index in [1.807, 2.05) is 35.2 Å². The normalized spacial score (nSPS) is 13.8. The summed E-state index contributed by atoms with van der Waals surface area (Å²) in [5.41, 5.74) is 1.43. The fourth-order valence-corrected chi connectivity index (χ4v) is 3.89. The van der Waals surface area contributed by atoms with E-state index in [1.54, 1.807) is 23.8 Å². The molecule has 142 valence electrons. The van der Waals surface area contributed by atoms with Crippen molar-refractivity contribution in [2.45, 2.75) is 6.67 Å². The van der Waals surface area contributed by atoms with Gasteiger partial charge in [0.25, 0.3) is 11.2 Å². The molecule has 0 N–H and O–H groups in total. The fraction of sp³-hybridized carbons (Fsp3) is 0.158. The number of hydrogen-bond donors (Lipinski definition) is 0. The highest BCUT2D eigenvalue weighted by Gasteiger charge is 2.17. The van der Waals surface area contributed by atoms with Crippen molar-refractivity contribution in [3.05, 3.63) is 83.9 Å². The maximum absolute atomic E-state index is 12.8. The third kappa shape index (κ3) is 3.39. The van der Waals surface area contributed by atoms with E-state index in [1.165, 1.54) is 23.5 Å². The molecule has 1 aliphatic heterocycles. The smallest absolute Gasteiger partial charge is 0.271 e. The van der Waals surface area contributed by atoms with Crippen LogP contribution in [0.1, 0.15) is 5.56 Å². The lowest BCUT2D eigenvalue weighted by molar-refractivity contribution is -0.384. The summed E-state index contributed by atoms with van der Waals surface area (Å²) in [6, 6.07) is 13.8. The maximum atomic E-state index is 12.8. The number of rotatable bonds is 4. The highest BCUT2D eigenvalue weighted by Crippen LogP contribution is 2.21. The number of nitro groups is 1. The molecule has 8 nitrogen and oxygen atoms in total. The van der Waals surface area contributed by atoms with Gasteiger partial charge in [-0.15, -0.1) is 0 Å². The Balaban J connectivity index is 1.67. The lowest BCUT2D eigenvalue weighted by Crippen LogP contribution is -2.42. The first-order chi connectivity index (χ1) is 13.5. The average Bonchev–Trinajstić information content (AvgIpc) is 3.03. The monoisotopic (exact) mass is 396 g/mol. The lowest BCUT2D eigenvalue weighted by Gasteiger charge is -2.25. The molecule has 0 saturated carbocycles. The molecule has 0 atom stereocenters. The van der Waals surface area contributed by atoms with Gasteiger partial charge in [0.1, 0.15) is 19.1 Å². The molecule has 0 unspecified atom stereocenters. The van der Waals surface area contributed by atoms with Crippen LogP contribution in [-0.2, 0) is 6.67 Å². The number of benzene rings is 2. The van der Waals surface area contributed by atoms with Gasteiger partial charge in [0.05, 0.1) is 16.6 Å². The van der Waals surface area contributed by atoms with Gasteiger partial charge in [0, 0.05) is 17.8 Å². The number of ether oxygens (including phenoxy) is 1. The van der Waals surface area contributed by atoms with E-state index in [0.717, 1.165) is 11.3 Å². The summed E-state index contributed by atoms with van der Waals surface area (Å²) < 4.78 is 7.32. The molecule has 0 fully saturated rings. The molecule has 1 aromatic heterocycles. The third-order valence-electron chi connectivity index (χ3n) is 4.40. The van der Waals surface area contributed by atoms with Crippen LogP contribution in [0.4, 0.5) is 11.4 Å². The summed E-state index contributed by atoms with van der Waals surface area (Å²) in [4.78, 5) is 30.3. The van der Waals surface area contributed by atoms with Crippen LogP contribution >= 0.6 is 11.3 Å². The van der Waals surface area contributed by atoms with Crippen LogP contribution in [0, 0.1) is 10.1 Å². The standard InChI is InChI=1S/C19H16N4O4S/c1-27-16-7-5-13(6-8-16)9-17-18(24)22-12-21(11-20-19(22)28-17)14-3-2-4-15(10-14)23(25)26/h2-10H,11-12H2,1H3/b17-9+. The lowest BCUT2D eigenvalue weighted by atomic mass is 10.2. The number of aromatic nitrogens is 1. The summed E-state index contributed by atoms with van der Waals surface area (Å²) in [7, 11) is 1.60. The SMILES string of the molecule is COc1ccc(/C=c2/sc3n(c2=O)CN(c2cccc([N+](=O)[O-])c2)CN=3)cc1. The van der Waals surface area contributed by atoms with Crippen LogP contribution in [0.15, 0.2) is 58.3 Å². The molecule has 0 amide bonds. The summed E-state index contributed by atoms with van der Waals surface area (Å²) in [6.45, 7) is 0.634. The van der Waals surface area contributed by atoms with Crippen LogP contribution in [0.25, 0.3) is 6.08 Å². The van der Waals surface area contributed by atoms with Crippen LogP contribution in [0.5, 0.6) is 5.75 Å². The Morgan fingerprint density at radius 3 is 2.75 bits per heavy atom. The predicted molar refractivity (Wildman–Crippen MR) is 106 cm³/mol. The van der Waals surface area contributed by atoms with Gasteiger partial charge in [-0.3, -0.25) is 19.5 Å². The predicted octanol–water partition coefficient (Wildman–Crippen LogP) is 1.71. The molecule has 0 saturated heterocycles. The molecule has 28 heavy (non-hydrogen) atoms. The Bertz CT molecular complexity index is 1210. The summed E-state index contributed by atoms with van der Waals surface area (Å²) in [5, 5.41) is 11.0. The van der Waals surface area contributed by atoms with Gasteiger partial charge >= 0.3 is 0 Å². The highest BCUT2D eigenvalue weighted by atomic mass is 32.1. The van der Waals surface area contributed by atoms with E-state index < -0.39 is 4.92 Å². The van der Waals surface area contributed by atoms with Crippen molar-refractivity contribution in [2.24, 2.45) is 4.99 Å². The number of nitro benzene ring substituents is 1. The number of fused-ring (bicyclic) bond motifs is 1. The molecule has 9 heteroatoms. The van der Waals surface area contributed by atoms with Crippen molar-refractivity contribution in [1.82, 2.24) is 4.57 Å². The molecule has 2 aromatic carbocycles. The number of anilines is 1. The summed E-state index contributed by atoms with van der Waals surface area (Å²) >= 11 is 1.33. The molecule has 0 spiro atoms. The van der Waals surface area contributed by atoms with Crippen molar-refractivity contribution in [3.63, 3.8) is 0 Å². The molecule has 1 aliphatic rings. The molecule has 3 aromatic rings. The van der Waals surface area contributed by atoms with E-state index >= 15 is 0 Å². The van der Waals surface area contributed by atoms with Gasteiger partial charge in [-0.25, -0.2) is 4.99 Å². The van der Waals surface area contributed by atoms with Crippen molar-refractivity contribution in [1.29, 1.82) is 0 Å². The van der Waals surface area contributed by atoms with Crippen molar-refractivity contribution >= 4 is 28.8 Å². The molecule has 4 rings (SSSR count). The Labute approximate surface area is 163 Å². The maximum Gasteiger partial charge on any atom is 0.271 e. The van der Waals surface area contributed by atoms with E-state index in [0.29, 0.717) is 28.4 Å². The highest BCUT2D eigenvalue weighted by molar-refractivity contribution is 7.07. The van der Waals surface area contributed by atoms with Gasteiger partial charge in [0.15, 0.2) is 4.80 Å². The minimum Gasteiger partial charge on any atom is -0.497 e. The Morgan fingerprint density at radius 2 is 2.04 bits per heavy atom. The molecule has 0 bridgehead atoms. The first-order valence-electron chi connectivity index (χ1n) is 8.44. The molecular weight excluding hydrogens is 380 g/mol. The second-order valence-electron chi connectivity index (χ2n) is 6.16. The summed E-state index contributed by atoms with van der Waals surface area (Å²) in [6.07, 6.45) is 1.82. The number of nitrogens with zero attached hydrogens (tertiary/aromatic N) is 4. The first-order valence-corrected chi connectivity index (χ1v) is 9.26. The molecular formula is C19H16N4O4S.